The summed E-state index contributed by atoms with van der Waals surface area (Å²) in [7, 11) is 0. The van der Waals surface area contributed by atoms with Crippen LogP contribution in [0.25, 0.3) is 0 Å². The van der Waals surface area contributed by atoms with Crippen molar-refractivity contribution in [2.45, 2.75) is 37.9 Å². The first-order valence-electron chi connectivity index (χ1n) is 8.15. The van der Waals surface area contributed by atoms with Crippen molar-refractivity contribution in [1.29, 1.82) is 0 Å². The molecule has 2 atom stereocenters. The van der Waals surface area contributed by atoms with Crippen molar-refractivity contribution in [3.8, 4) is 0 Å². The largest absolute Gasteiger partial charge is 0.376 e. The number of benzene rings is 1. The highest BCUT2D eigenvalue weighted by Crippen LogP contribution is 2.19. The van der Waals surface area contributed by atoms with E-state index in [0.717, 1.165) is 32.3 Å². The summed E-state index contributed by atoms with van der Waals surface area (Å²) < 4.78 is 10.9. The minimum atomic E-state index is -0.419. The van der Waals surface area contributed by atoms with Gasteiger partial charge in [0.05, 0.1) is 17.4 Å². The van der Waals surface area contributed by atoms with E-state index in [9.17, 15) is 9.59 Å². The Balaban J connectivity index is 1.62. The van der Waals surface area contributed by atoms with Crippen molar-refractivity contribution in [3.05, 3.63) is 29.8 Å². The fraction of sp³-hybridized carbons (Fsp3) is 0.529. The highest BCUT2D eigenvalue weighted by atomic mass is 16.5. The van der Waals surface area contributed by atoms with Crippen molar-refractivity contribution in [1.82, 2.24) is 5.32 Å². The quantitative estimate of drug-likeness (QED) is 0.866. The molecule has 1 aromatic rings. The van der Waals surface area contributed by atoms with Crippen LogP contribution in [0.2, 0.25) is 0 Å². The number of amides is 2. The van der Waals surface area contributed by atoms with Crippen LogP contribution in [0, 0.1) is 0 Å². The van der Waals surface area contributed by atoms with E-state index in [1.54, 1.807) is 24.3 Å². The first kappa shape index (κ1) is 16.0. The Hall–Kier alpha value is -1.92. The number of hydrogen-bond acceptors (Lipinski definition) is 4. The molecule has 6 heteroatoms. The minimum absolute atomic E-state index is 0.0904. The Morgan fingerprint density at radius 1 is 1.09 bits per heavy atom. The Bertz CT molecular complexity index is 563. The second-order valence-electron chi connectivity index (χ2n) is 5.88. The van der Waals surface area contributed by atoms with Gasteiger partial charge in [-0.15, -0.1) is 0 Å². The summed E-state index contributed by atoms with van der Waals surface area (Å²) in [5.41, 5.74) is 0.967. The number of ether oxygens (including phenoxy) is 2. The molecule has 2 saturated heterocycles. The van der Waals surface area contributed by atoms with Crippen molar-refractivity contribution < 1.29 is 19.1 Å². The third-order valence-corrected chi connectivity index (χ3v) is 4.17. The minimum Gasteiger partial charge on any atom is -0.376 e. The van der Waals surface area contributed by atoms with Gasteiger partial charge in [-0.3, -0.25) is 9.59 Å². The lowest BCUT2D eigenvalue weighted by molar-refractivity contribution is -0.124. The van der Waals surface area contributed by atoms with E-state index in [2.05, 4.69) is 10.6 Å². The molecule has 2 fully saturated rings. The normalized spacial score (nSPS) is 23.7. The Morgan fingerprint density at radius 2 is 1.87 bits per heavy atom. The highest BCUT2D eigenvalue weighted by molar-refractivity contribution is 6.04. The Kier molecular flexibility index (Phi) is 5.25. The van der Waals surface area contributed by atoms with Gasteiger partial charge in [-0.1, -0.05) is 12.1 Å². The first-order chi connectivity index (χ1) is 11.2. The summed E-state index contributed by atoms with van der Waals surface area (Å²) in [4.78, 5) is 24.5. The zero-order valence-electron chi connectivity index (χ0n) is 13.0. The Morgan fingerprint density at radius 3 is 2.61 bits per heavy atom. The Labute approximate surface area is 135 Å². The lowest BCUT2D eigenvalue weighted by atomic mass is 10.1. The number of carbonyl (C=O) groups is 2. The molecule has 2 amide bonds. The van der Waals surface area contributed by atoms with Crippen LogP contribution in [-0.2, 0) is 14.3 Å². The molecule has 23 heavy (non-hydrogen) atoms. The number of nitrogens with one attached hydrogen (secondary N) is 2. The molecular formula is C17H22N2O4. The molecule has 1 aromatic carbocycles. The van der Waals surface area contributed by atoms with E-state index in [0.29, 0.717) is 24.4 Å². The van der Waals surface area contributed by atoms with E-state index in [1.165, 1.54) is 0 Å². The van der Waals surface area contributed by atoms with Crippen molar-refractivity contribution in [3.63, 3.8) is 0 Å². The second-order valence-corrected chi connectivity index (χ2v) is 5.88. The van der Waals surface area contributed by atoms with Crippen LogP contribution < -0.4 is 10.6 Å². The third-order valence-electron chi connectivity index (χ3n) is 4.17. The molecular weight excluding hydrogens is 296 g/mol. The van der Waals surface area contributed by atoms with Gasteiger partial charge < -0.3 is 20.1 Å². The van der Waals surface area contributed by atoms with Gasteiger partial charge in [0.1, 0.15) is 6.10 Å². The lowest BCUT2D eigenvalue weighted by Crippen LogP contribution is -2.33. The molecule has 6 nitrogen and oxygen atoms in total. The molecule has 124 valence electrons. The van der Waals surface area contributed by atoms with E-state index >= 15 is 0 Å². The molecule has 3 rings (SSSR count). The molecule has 2 aliphatic rings. The monoisotopic (exact) mass is 318 g/mol. The lowest BCUT2D eigenvalue weighted by Gasteiger charge is -2.15. The number of rotatable bonds is 5. The summed E-state index contributed by atoms with van der Waals surface area (Å²) in [6, 6.07) is 7.01. The van der Waals surface area contributed by atoms with E-state index in [1.807, 2.05) is 0 Å². The molecule has 0 radical (unpaired) electrons. The van der Waals surface area contributed by atoms with Gasteiger partial charge in [-0.2, -0.15) is 0 Å². The van der Waals surface area contributed by atoms with Gasteiger partial charge in [-0.25, -0.2) is 0 Å². The molecule has 0 unspecified atom stereocenters. The van der Waals surface area contributed by atoms with Crippen molar-refractivity contribution in [2.75, 3.05) is 25.1 Å². The van der Waals surface area contributed by atoms with Crippen LogP contribution in [0.15, 0.2) is 24.3 Å². The highest BCUT2D eigenvalue weighted by Gasteiger charge is 2.25. The number of carbonyl (C=O) groups excluding carboxylic acids is 2. The van der Waals surface area contributed by atoms with Gasteiger partial charge in [0.2, 0.25) is 0 Å². The van der Waals surface area contributed by atoms with Gasteiger partial charge in [0, 0.05) is 19.8 Å². The molecule has 0 aromatic heterocycles. The van der Waals surface area contributed by atoms with Gasteiger partial charge in [0.25, 0.3) is 11.8 Å². The van der Waals surface area contributed by atoms with Crippen LogP contribution in [0.1, 0.15) is 36.0 Å². The summed E-state index contributed by atoms with van der Waals surface area (Å²) in [5.74, 6) is -0.398. The predicted molar refractivity (Wildman–Crippen MR) is 85.4 cm³/mol. The van der Waals surface area contributed by atoms with Crippen LogP contribution >= 0.6 is 0 Å². The van der Waals surface area contributed by atoms with Crippen LogP contribution in [0.3, 0.4) is 0 Å². The van der Waals surface area contributed by atoms with Crippen LogP contribution in [0.4, 0.5) is 5.69 Å². The second kappa shape index (κ2) is 7.57. The molecule has 2 aliphatic heterocycles. The van der Waals surface area contributed by atoms with Gasteiger partial charge in [-0.05, 0) is 37.8 Å². The van der Waals surface area contributed by atoms with E-state index in [4.69, 9.17) is 9.47 Å². The summed E-state index contributed by atoms with van der Waals surface area (Å²) in [6.45, 7) is 1.86. The predicted octanol–water partition coefficient (Wildman–Crippen LogP) is 1.71. The first-order valence-corrected chi connectivity index (χ1v) is 8.15. The number of anilines is 1. The summed E-state index contributed by atoms with van der Waals surface area (Å²) in [5, 5.41) is 5.68. The molecule has 2 N–H and O–H groups in total. The molecule has 0 spiro atoms. The van der Waals surface area contributed by atoms with Crippen molar-refractivity contribution in [2.24, 2.45) is 0 Å². The molecule has 0 aliphatic carbocycles. The number of hydrogen-bond donors (Lipinski definition) is 2. The van der Waals surface area contributed by atoms with E-state index < -0.39 is 6.10 Å². The molecule has 0 bridgehead atoms. The van der Waals surface area contributed by atoms with E-state index in [-0.39, 0.29) is 17.9 Å². The zero-order chi connectivity index (χ0) is 16.1. The standard InChI is InChI=1S/C17H22N2O4/c20-16(18-11-12-5-3-9-22-12)13-6-1-2-7-14(13)19-17(21)15-8-4-10-23-15/h1-2,6-7,12,15H,3-5,8-11H2,(H,18,20)(H,19,21)/t12-,15+/m1/s1. The average Bonchev–Trinajstić information content (AvgIpc) is 3.26. The smallest absolute Gasteiger partial charge is 0.253 e. The maximum absolute atomic E-state index is 12.4. The maximum Gasteiger partial charge on any atom is 0.253 e. The molecule has 0 saturated carbocycles. The number of para-hydroxylation sites is 1. The summed E-state index contributed by atoms with van der Waals surface area (Å²) in [6.07, 6.45) is 3.29. The molecule has 2 heterocycles. The van der Waals surface area contributed by atoms with Crippen LogP contribution in [-0.4, -0.2) is 43.8 Å². The summed E-state index contributed by atoms with van der Waals surface area (Å²) >= 11 is 0. The van der Waals surface area contributed by atoms with Crippen LogP contribution in [0.5, 0.6) is 0 Å². The fourth-order valence-electron chi connectivity index (χ4n) is 2.89. The third kappa shape index (κ3) is 4.09. The zero-order valence-corrected chi connectivity index (χ0v) is 13.0. The topological polar surface area (TPSA) is 76.7 Å². The van der Waals surface area contributed by atoms with Gasteiger partial charge >= 0.3 is 0 Å². The van der Waals surface area contributed by atoms with Gasteiger partial charge in [0.15, 0.2) is 0 Å². The average molecular weight is 318 g/mol. The fourth-order valence-corrected chi connectivity index (χ4v) is 2.89. The maximum atomic E-state index is 12.4. The SMILES string of the molecule is O=C(NC[C@H]1CCCO1)c1ccccc1NC(=O)[C@@H]1CCCO1. The van der Waals surface area contributed by atoms with Crippen molar-refractivity contribution >= 4 is 17.5 Å².